The Morgan fingerprint density at radius 1 is 0.553 bits per heavy atom. The summed E-state index contributed by atoms with van der Waals surface area (Å²) in [7, 11) is 0. The van der Waals surface area contributed by atoms with Gasteiger partial charge in [-0.1, -0.05) is 139 Å². The summed E-state index contributed by atoms with van der Waals surface area (Å²) in [5.41, 5.74) is 10.9. The summed E-state index contributed by atoms with van der Waals surface area (Å²) in [6.45, 7) is 4.57. The molecule has 0 saturated carbocycles. The Balaban J connectivity index is 1.51. The molecule has 0 bridgehead atoms. The van der Waals surface area contributed by atoms with Crippen molar-refractivity contribution in [3.63, 3.8) is 0 Å². The minimum atomic E-state index is 0.487. The van der Waals surface area contributed by atoms with Gasteiger partial charge in [-0.15, -0.1) is 0 Å². The number of rotatable bonds is 17. The summed E-state index contributed by atoms with van der Waals surface area (Å²) < 4.78 is 0. The van der Waals surface area contributed by atoms with E-state index in [-0.39, 0.29) is 0 Å². The molecule has 0 saturated heterocycles. The van der Waals surface area contributed by atoms with Gasteiger partial charge >= 0.3 is 0 Å². The maximum Gasteiger partial charge on any atom is 0.119 e. The number of phenols is 1. The predicted molar refractivity (Wildman–Crippen MR) is 165 cm³/mol. The summed E-state index contributed by atoms with van der Waals surface area (Å²) >= 11 is 0. The Labute approximate surface area is 232 Å². The summed E-state index contributed by atoms with van der Waals surface area (Å²) in [5.74, 6) is 0.487. The van der Waals surface area contributed by atoms with Crippen LogP contribution in [0.3, 0.4) is 0 Å². The molecule has 4 rings (SSSR count). The van der Waals surface area contributed by atoms with Gasteiger partial charge in [0, 0.05) is 5.56 Å². The number of aromatic hydroxyl groups is 1. The molecule has 1 N–H and O–H groups in total. The van der Waals surface area contributed by atoms with Crippen molar-refractivity contribution in [2.75, 3.05) is 0 Å². The fourth-order valence-electron chi connectivity index (χ4n) is 6.41. The van der Waals surface area contributed by atoms with Crippen LogP contribution in [0.4, 0.5) is 0 Å². The molecule has 0 fully saturated rings. The summed E-state index contributed by atoms with van der Waals surface area (Å²) in [5, 5.41) is 11.2. The highest BCUT2D eigenvalue weighted by molar-refractivity contribution is 5.87. The topological polar surface area (TPSA) is 20.2 Å². The number of benzene rings is 3. The maximum absolute atomic E-state index is 11.2. The third kappa shape index (κ3) is 7.31. The van der Waals surface area contributed by atoms with E-state index < -0.39 is 0 Å². The Hall–Kier alpha value is -2.54. The van der Waals surface area contributed by atoms with E-state index in [0.717, 1.165) is 25.7 Å². The van der Waals surface area contributed by atoms with Gasteiger partial charge in [-0.2, -0.15) is 0 Å². The summed E-state index contributed by atoms with van der Waals surface area (Å²) in [6.07, 6.45) is 21.5. The Kier molecular flexibility index (Phi) is 11.4. The van der Waals surface area contributed by atoms with Crippen LogP contribution in [-0.2, 0) is 19.3 Å². The molecule has 1 aliphatic rings. The smallest absolute Gasteiger partial charge is 0.119 e. The van der Waals surface area contributed by atoms with E-state index in [9.17, 15) is 5.11 Å². The minimum Gasteiger partial charge on any atom is -0.508 e. The monoisotopic (exact) mass is 510 g/mol. The molecular weight excluding hydrogens is 460 g/mol. The zero-order valence-electron chi connectivity index (χ0n) is 24.2. The van der Waals surface area contributed by atoms with Crippen LogP contribution in [0.25, 0.3) is 22.3 Å². The maximum atomic E-state index is 11.2. The van der Waals surface area contributed by atoms with E-state index in [0.29, 0.717) is 5.75 Å². The molecule has 0 spiro atoms. The summed E-state index contributed by atoms with van der Waals surface area (Å²) in [6, 6.07) is 19.9. The van der Waals surface area contributed by atoms with Crippen LogP contribution in [-0.4, -0.2) is 5.11 Å². The van der Waals surface area contributed by atoms with Crippen LogP contribution in [0.15, 0.2) is 54.6 Å². The third-order valence-corrected chi connectivity index (χ3v) is 8.57. The molecular formula is C37H50O. The number of phenolic OH excluding ortho intramolecular Hbond substituents is 1. The van der Waals surface area contributed by atoms with Crippen molar-refractivity contribution in [1.29, 1.82) is 0 Å². The van der Waals surface area contributed by atoms with Gasteiger partial charge < -0.3 is 5.11 Å². The highest BCUT2D eigenvalue weighted by Gasteiger charge is 2.24. The Morgan fingerprint density at radius 3 is 1.87 bits per heavy atom. The molecule has 0 amide bonds. The fourth-order valence-corrected chi connectivity index (χ4v) is 6.41. The molecule has 204 valence electrons. The van der Waals surface area contributed by atoms with E-state index in [2.05, 4.69) is 62.4 Å². The number of fused-ring (bicyclic) bond motifs is 3. The molecule has 0 heterocycles. The van der Waals surface area contributed by atoms with Crippen molar-refractivity contribution >= 4 is 0 Å². The van der Waals surface area contributed by atoms with Crippen molar-refractivity contribution in [3.05, 3.63) is 76.9 Å². The van der Waals surface area contributed by atoms with Crippen molar-refractivity contribution in [2.24, 2.45) is 0 Å². The van der Waals surface area contributed by atoms with Gasteiger partial charge in [0.1, 0.15) is 5.75 Å². The van der Waals surface area contributed by atoms with Crippen molar-refractivity contribution < 1.29 is 5.11 Å². The summed E-state index contributed by atoms with van der Waals surface area (Å²) in [4.78, 5) is 0. The highest BCUT2D eigenvalue weighted by Crippen LogP contribution is 2.45. The Bertz CT molecular complexity index is 1140. The number of hydrogen-bond donors (Lipinski definition) is 1. The van der Waals surface area contributed by atoms with E-state index in [1.165, 1.54) is 128 Å². The largest absolute Gasteiger partial charge is 0.508 e. The van der Waals surface area contributed by atoms with Crippen LogP contribution in [0.1, 0.15) is 126 Å². The molecule has 0 unspecified atom stereocenters. The average Bonchev–Trinajstić information content (AvgIpc) is 3.32. The molecule has 1 aliphatic carbocycles. The fraction of sp³-hybridized carbons (Fsp3) is 0.514. The van der Waals surface area contributed by atoms with Crippen LogP contribution in [0.2, 0.25) is 0 Å². The molecule has 3 aromatic rings. The van der Waals surface area contributed by atoms with Crippen LogP contribution >= 0.6 is 0 Å². The molecule has 1 heteroatoms. The second-order valence-electron chi connectivity index (χ2n) is 11.5. The first-order chi connectivity index (χ1) is 18.7. The minimum absolute atomic E-state index is 0.487. The highest BCUT2D eigenvalue weighted by atomic mass is 16.3. The standard InChI is InChI=1S/C37H50O/c1-3-5-7-9-10-11-12-13-14-16-23-34-36(38)27-26-29(20-15-8-6-4-2)37(34)33-25-19-24-32-31-22-18-17-21-30(31)28-35(32)33/h17-19,21-22,24-27,38H,3-16,20,23,28H2,1-2H3. The lowest BCUT2D eigenvalue weighted by Gasteiger charge is -2.20. The van der Waals surface area contributed by atoms with Crippen LogP contribution in [0, 0.1) is 0 Å². The van der Waals surface area contributed by atoms with Gasteiger partial charge in [-0.3, -0.25) is 0 Å². The van der Waals surface area contributed by atoms with Crippen LogP contribution in [0.5, 0.6) is 5.75 Å². The second kappa shape index (κ2) is 15.2. The quantitative estimate of drug-likeness (QED) is 0.140. The lowest BCUT2D eigenvalue weighted by Crippen LogP contribution is -2.01. The van der Waals surface area contributed by atoms with E-state index >= 15 is 0 Å². The molecule has 0 aromatic heterocycles. The van der Waals surface area contributed by atoms with Crippen molar-refractivity contribution in [1.82, 2.24) is 0 Å². The normalized spacial score (nSPS) is 12.1. The van der Waals surface area contributed by atoms with Gasteiger partial charge in [-0.05, 0) is 77.1 Å². The third-order valence-electron chi connectivity index (χ3n) is 8.57. The van der Waals surface area contributed by atoms with Gasteiger partial charge in [0.15, 0.2) is 0 Å². The first-order valence-corrected chi connectivity index (χ1v) is 15.8. The number of unbranched alkanes of at least 4 members (excludes halogenated alkanes) is 12. The average molecular weight is 511 g/mol. The molecule has 1 nitrogen and oxygen atoms in total. The second-order valence-corrected chi connectivity index (χ2v) is 11.5. The lowest BCUT2D eigenvalue weighted by molar-refractivity contribution is 0.466. The van der Waals surface area contributed by atoms with Gasteiger partial charge in [0.05, 0.1) is 0 Å². The van der Waals surface area contributed by atoms with E-state index in [1.807, 2.05) is 6.07 Å². The molecule has 3 aromatic carbocycles. The van der Waals surface area contributed by atoms with E-state index in [4.69, 9.17) is 0 Å². The predicted octanol–water partition coefficient (Wildman–Crippen LogP) is 11.2. The zero-order valence-corrected chi connectivity index (χ0v) is 24.2. The number of aryl methyl sites for hydroxylation is 1. The van der Waals surface area contributed by atoms with Gasteiger partial charge in [0.25, 0.3) is 0 Å². The SMILES string of the molecule is CCCCCCCCCCCCc1c(O)ccc(CCCCCC)c1-c1cccc2c1Cc1ccccc1-2. The lowest BCUT2D eigenvalue weighted by atomic mass is 9.85. The first-order valence-electron chi connectivity index (χ1n) is 15.8. The molecule has 0 aliphatic heterocycles. The molecule has 0 radical (unpaired) electrons. The van der Waals surface area contributed by atoms with Gasteiger partial charge in [0.2, 0.25) is 0 Å². The van der Waals surface area contributed by atoms with Gasteiger partial charge in [-0.25, -0.2) is 0 Å². The van der Waals surface area contributed by atoms with E-state index in [1.54, 1.807) is 0 Å². The molecule has 38 heavy (non-hydrogen) atoms. The number of hydrogen-bond acceptors (Lipinski definition) is 1. The zero-order chi connectivity index (χ0) is 26.6. The van der Waals surface area contributed by atoms with Crippen LogP contribution < -0.4 is 0 Å². The Morgan fingerprint density at radius 2 is 1.13 bits per heavy atom. The molecule has 0 atom stereocenters. The first kappa shape index (κ1) is 28.5. The van der Waals surface area contributed by atoms with Crippen molar-refractivity contribution in [2.45, 2.75) is 123 Å². The van der Waals surface area contributed by atoms with Crippen molar-refractivity contribution in [3.8, 4) is 28.0 Å².